The normalized spacial score (nSPS) is 27.1. The minimum absolute atomic E-state index is 0.160. The third-order valence-corrected chi connectivity index (χ3v) is 4.00. The molecule has 4 atom stereocenters. The van der Waals surface area contributed by atoms with Gasteiger partial charge in [0.1, 0.15) is 11.5 Å². The Bertz CT molecular complexity index is 523. The molecular weight excluding hydrogens is 260 g/mol. The van der Waals surface area contributed by atoms with Gasteiger partial charge in [0.25, 0.3) is 0 Å². The van der Waals surface area contributed by atoms with Gasteiger partial charge in [-0.05, 0) is 25.0 Å². The summed E-state index contributed by atoms with van der Waals surface area (Å²) >= 11 is 0. The van der Waals surface area contributed by atoms with Crippen LogP contribution in [0.2, 0.25) is 0 Å². The number of methoxy groups -OCH3 is 1. The van der Waals surface area contributed by atoms with Gasteiger partial charge in [0.15, 0.2) is 5.78 Å². The molecule has 0 heterocycles. The molecule has 5 nitrogen and oxygen atoms in total. The highest BCUT2D eigenvalue weighted by atomic mass is 16.5. The van der Waals surface area contributed by atoms with Crippen molar-refractivity contribution in [3.63, 3.8) is 0 Å². The first-order chi connectivity index (χ1) is 9.36. The molecule has 110 valence electrons. The van der Waals surface area contributed by atoms with Gasteiger partial charge in [0.2, 0.25) is 0 Å². The minimum atomic E-state index is -0.909. The van der Waals surface area contributed by atoms with Crippen LogP contribution in [0.1, 0.15) is 42.3 Å². The molecule has 0 fully saturated rings. The summed E-state index contributed by atoms with van der Waals surface area (Å²) in [6, 6.07) is 2.93. The number of phenols is 1. The predicted molar refractivity (Wildman–Crippen MR) is 72.9 cm³/mol. The van der Waals surface area contributed by atoms with Gasteiger partial charge < -0.3 is 20.1 Å². The molecule has 0 bridgehead atoms. The number of aliphatic hydroxyl groups is 2. The number of hydrogen-bond donors (Lipinski definition) is 3. The van der Waals surface area contributed by atoms with Crippen LogP contribution >= 0.6 is 0 Å². The van der Waals surface area contributed by atoms with E-state index in [1.165, 1.54) is 13.2 Å². The van der Waals surface area contributed by atoms with E-state index >= 15 is 0 Å². The Hall–Kier alpha value is -1.59. The number of Topliss-reactive ketones (excluding diaryl/α,β-unsaturated/α-hetero) is 1. The van der Waals surface area contributed by atoms with Crippen molar-refractivity contribution in [1.82, 2.24) is 0 Å². The first kappa shape index (κ1) is 14.8. The largest absolute Gasteiger partial charge is 0.507 e. The maximum absolute atomic E-state index is 12.4. The summed E-state index contributed by atoms with van der Waals surface area (Å²) in [5.41, 5.74) is 0.531. The Morgan fingerprint density at radius 3 is 2.60 bits per heavy atom. The number of carbonyl (C=O) groups excluding carboxylic acids is 1. The van der Waals surface area contributed by atoms with Gasteiger partial charge in [-0.15, -0.1) is 0 Å². The fraction of sp³-hybridized carbons (Fsp3) is 0.533. The summed E-state index contributed by atoms with van der Waals surface area (Å²) in [6.07, 6.45) is -1.19. The molecule has 0 unspecified atom stereocenters. The van der Waals surface area contributed by atoms with Gasteiger partial charge in [0.05, 0.1) is 24.9 Å². The number of ether oxygens (including phenoxy) is 1. The van der Waals surface area contributed by atoms with Crippen molar-refractivity contribution in [1.29, 1.82) is 0 Å². The maximum Gasteiger partial charge on any atom is 0.170 e. The summed E-state index contributed by atoms with van der Waals surface area (Å²) in [5.74, 6) is -0.826. The number of aliphatic hydroxyl groups excluding tert-OH is 2. The summed E-state index contributed by atoms with van der Waals surface area (Å²) < 4.78 is 5.06. The lowest BCUT2D eigenvalue weighted by molar-refractivity contribution is 0.0278. The molecule has 0 aliphatic heterocycles. The van der Waals surface area contributed by atoms with Crippen LogP contribution in [0.5, 0.6) is 11.5 Å². The number of aromatic hydroxyl groups is 1. The van der Waals surface area contributed by atoms with Crippen LogP contribution in [0.4, 0.5) is 0 Å². The van der Waals surface area contributed by atoms with Crippen molar-refractivity contribution in [3.05, 3.63) is 23.3 Å². The molecular formula is C15H20O5. The van der Waals surface area contributed by atoms with Crippen LogP contribution < -0.4 is 4.74 Å². The summed E-state index contributed by atoms with van der Waals surface area (Å²) in [4.78, 5) is 12.4. The first-order valence-electron chi connectivity index (χ1n) is 6.68. The van der Waals surface area contributed by atoms with Gasteiger partial charge in [-0.1, -0.05) is 6.92 Å². The number of carbonyl (C=O) groups is 1. The van der Waals surface area contributed by atoms with E-state index in [4.69, 9.17) is 4.74 Å². The van der Waals surface area contributed by atoms with Gasteiger partial charge in [-0.2, -0.15) is 0 Å². The first-order valence-corrected chi connectivity index (χ1v) is 6.68. The lowest BCUT2D eigenvalue weighted by Gasteiger charge is -2.35. The highest BCUT2D eigenvalue weighted by Crippen LogP contribution is 2.44. The Kier molecular flexibility index (Phi) is 4.01. The van der Waals surface area contributed by atoms with Crippen molar-refractivity contribution in [3.8, 4) is 11.5 Å². The zero-order chi connectivity index (χ0) is 15.0. The third kappa shape index (κ3) is 2.39. The van der Waals surface area contributed by atoms with E-state index < -0.39 is 18.1 Å². The van der Waals surface area contributed by atoms with E-state index in [9.17, 15) is 20.1 Å². The van der Waals surface area contributed by atoms with E-state index in [0.717, 1.165) is 0 Å². The van der Waals surface area contributed by atoms with Crippen LogP contribution in [0, 0.1) is 11.8 Å². The van der Waals surface area contributed by atoms with E-state index in [1.54, 1.807) is 19.9 Å². The summed E-state index contributed by atoms with van der Waals surface area (Å²) in [5, 5.41) is 30.0. The topological polar surface area (TPSA) is 87.0 Å². The average molecular weight is 280 g/mol. The number of fused-ring (bicyclic) bond motifs is 1. The maximum atomic E-state index is 12.4. The lowest BCUT2D eigenvalue weighted by Crippen LogP contribution is -2.35. The van der Waals surface area contributed by atoms with Crippen molar-refractivity contribution in [2.45, 2.75) is 32.5 Å². The fourth-order valence-corrected chi connectivity index (χ4v) is 2.89. The predicted octanol–water partition coefficient (Wildman–Crippen LogP) is 1.65. The Balaban J connectivity index is 2.52. The van der Waals surface area contributed by atoms with Crippen LogP contribution in [0.3, 0.4) is 0 Å². The highest BCUT2D eigenvalue weighted by Gasteiger charge is 2.41. The van der Waals surface area contributed by atoms with E-state index in [2.05, 4.69) is 0 Å². The average Bonchev–Trinajstić information content (AvgIpc) is 2.40. The lowest BCUT2D eigenvalue weighted by atomic mass is 9.71. The molecule has 2 rings (SSSR count). The number of phenolic OH excluding ortho intramolecular Hbond substituents is 1. The van der Waals surface area contributed by atoms with Gasteiger partial charge in [-0.3, -0.25) is 4.79 Å². The van der Waals surface area contributed by atoms with Crippen LogP contribution in [0.25, 0.3) is 0 Å². The third-order valence-electron chi connectivity index (χ3n) is 4.00. The zero-order valence-corrected chi connectivity index (χ0v) is 11.8. The molecule has 3 N–H and O–H groups in total. The van der Waals surface area contributed by atoms with Crippen molar-refractivity contribution >= 4 is 5.78 Å². The molecule has 5 heteroatoms. The Morgan fingerprint density at radius 1 is 1.40 bits per heavy atom. The summed E-state index contributed by atoms with van der Waals surface area (Å²) in [6.45, 7) is 3.34. The van der Waals surface area contributed by atoms with Gasteiger partial charge >= 0.3 is 0 Å². The number of hydrogen-bond acceptors (Lipinski definition) is 5. The fourth-order valence-electron chi connectivity index (χ4n) is 2.89. The van der Waals surface area contributed by atoms with Crippen LogP contribution in [-0.4, -0.2) is 34.3 Å². The number of benzene rings is 1. The standard InChI is InChI=1S/C15H20O5/c1-7(16)4-10-8(2)14(18)13-11(15(10)19)5-9(20-3)6-12(13)17/h5-8,10,15-17,19H,4H2,1-3H3/t7-,8+,10+,15-/m0/s1. The zero-order valence-electron chi connectivity index (χ0n) is 11.8. The molecule has 0 aromatic heterocycles. The van der Waals surface area contributed by atoms with Gasteiger partial charge in [-0.25, -0.2) is 0 Å². The number of rotatable bonds is 3. The Labute approximate surface area is 117 Å². The Morgan fingerprint density at radius 2 is 2.05 bits per heavy atom. The second kappa shape index (κ2) is 5.42. The molecule has 0 saturated heterocycles. The monoisotopic (exact) mass is 280 g/mol. The molecule has 0 spiro atoms. The van der Waals surface area contributed by atoms with E-state index in [1.807, 2.05) is 0 Å². The SMILES string of the molecule is COc1cc(O)c2c(c1)[C@@H](O)[C@H](C[C@H](C)O)[C@@H](C)C2=O. The molecule has 0 saturated carbocycles. The van der Waals surface area contributed by atoms with Crippen molar-refractivity contribution < 1.29 is 24.9 Å². The van der Waals surface area contributed by atoms with E-state index in [-0.39, 0.29) is 23.0 Å². The molecule has 1 aliphatic rings. The van der Waals surface area contributed by atoms with Crippen molar-refractivity contribution in [2.24, 2.45) is 11.8 Å². The van der Waals surface area contributed by atoms with E-state index in [0.29, 0.717) is 17.7 Å². The quantitative estimate of drug-likeness (QED) is 0.783. The molecule has 20 heavy (non-hydrogen) atoms. The molecule has 0 radical (unpaired) electrons. The van der Waals surface area contributed by atoms with Crippen molar-refractivity contribution in [2.75, 3.05) is 7.11 Å². The summed E-state index contributed by atoms with van der Waals surface area (Å²) in [7, 11) is 1.45. The smallest absolute Gasteiger partial charge is 0.170 e. The van der Waals surface area contributed by atoms with Crippen LogP contribution in [0.15, 0.2) is 12.1 Å². The highest BCUT2D eigenvalue weighted by molar-refractivity contribution is 6.03. The molecule has 1 aromatic rings. The second-order valence-corrected chi connectivity index (χ2v) is 5.46. The number of ketones is 1. The molecule has 0 amide bonds. The second-order valence-electron chi connectivity index (χ2n) is 5.46. The molecule has 1 aromatic carbocycles. The van der Waals surface area contributed by atoms with Crippen LogP contribution in [-0.2, 0) is 0 Å². The minimum Gasteiger partial charge on any atom is -0.507 e. The molecule has 1 aliphatic carbocycles. The van der Waals surface area contributed by atoms with Gasteiger partial charge in [0, 0.05) is 17.9 Å².